The van der Waals surface area contributed by atoms with Crippen LogP contribution in [0.2, 0.25) is 0 Å². The molecular weight excluding hydrogens is 340 g/mol. The standard InChI is InChI=1S/C22H24N2O3/c1-16(25)19-8-5-9-20(15-19)23-21(26)22(27)24-12-10-18(11-13-24)14-17-6-3-2-4-7-17/h2-9,15,18H,10-14H2,1H3,(H,23,26). The van der Waals surface area contributed by atoms with Crippen LogP contribution in [0.1, 0.15) is 35.7 Å². The molecule has 0 saturated carbocycles. The molecule has 0 bridgehead atoms. The SMILES string of the molecule is CC(=O)c1cccc(NC(=O)C(=O)N2CCC(Cc3ccccc3)CC2)c1. The number of benzene rings is 2. The molecule has 1 N–H and O–H groups in total. The largest absolute Gasteiger partial charge is 0.334 e. The third-order valence-electron chi connectivity index (χ3n) is 4.99. The molecule has 0 radical (unpaired) electrons. The van der Waals surface area contributed by atoms with Gasteiger partial charge in [0.2, 0.25) is 0 Å². The minimum Gasteiger partial charge on any atom is -0.334 e. The van der Waals surface area contributed by atoms with E-state index in [0.717, 1.165) is 19.3 Å². The number of nitrogens with one attached hydrogen (secondary N) is 1. The Labute approximate surface area is 159 Å². The Hall–Kier alpha value is -2.95. The summed E-state index contributed by atoms with van der Waals surface area (Å²) in [6, 6.07) is 17.0. The number of Topliss-reactive ketones (excluding diaryl/α,β-unsaturated/α-hetero) is 1. The summed E-state index contributed by atoms with van der Waals surface area (Å²) in [4.78, 5) is 37.8. The van der Waals surface area contributed by atoms with Gasteiger partial charge in [-0.05, 0) is 49.8 Å². The van der Waals surface area contributed by atoms with Crippen molar-refractivity contribution in [3.05, 3.63) is 65.7 Å². The maximum atomic E-state index is 12.4. The topological polar surface area (TPSA) is 66.5 Å². The fourth-order valence-electron chi connectivity index (χ4n) is 3.43. The van der Waals surface area contributed by atoms with E-state index in [1.165, 1.54) is 12.5 Å². The quantitative estimate of drug-likeness (QED) is 0.669. The molecule has 0 aliphatic carbocycles. The Balaban J connectivity index is 1.52. The molecule has 1 fully saturated rings. The average Bonchev–Trinajstić information content (AvgIpc) is 2.69. The van der Waals surface area contributed by atoms with E-state index in [1.54, 1.807) is 29.2 Å². The van der Waals surface area contributed by atoms with Gasteiger partial charge in [-0.25, -0.2) is 0 Å². The Morgan fingerprint density at radius 2 is 1.70 bits per heavy atom. The lowest BCUT2D eigenvalue weighted by atomic mass is 9.90. The molecule has 0 aromatic heterocycles. The Morgan fingerprint density at radius 1 is 1.00 bits per heavy atom. The summed E-state index contributed by atoms with van der Waals surface area (Å²) in [6.07, 6.45) is 2.80. The van der Waals surface area contributed by atoms with Crippen molar-refractivity contribution in [2.24, 2.45) is 5.92 Å². The molecule has 2 aromatic rings. The summed E-state index contributed by atoms with van der Waals surface area (Å²) in [5, 5.41) is 2.60. The fraction of sp³-hybridized carbons (Fsp3) is 0.318. The first-order chi connectivity index (χ1) is 13.0. The molecule has 2 aromatic carbocycles. The number of amides is 2. The molecule has 1 aliphatic rings. The predicted octanol–water partition coefficient (Wildman–Crippen LogP) is 3.31. The average molecular weight is 364 g/mol. The van der Waals surface area contributed by atoms with E-state index in [0.29, 0.717) is 30.3 Å². The first-order valence-electron chi connectivity index (χ1n) is 9.28. The molecule has 5 heteroatoms. The van der Waals surface area contributed by atoms with Gasteiger partial charge in [0.15, 0.2) is 5.78 Å². The van der Waals surface area contributed by atoms with Gasteiger partial charge in [-0.2, -0.15) is 0 Å². The van der Waals surface area contributed by atoms with Crippen LogP contribution < -0.4 is 5.32 Å². The molecular formula is C22H24N2O3. The van der Waals surface area contributed by atoms with E-state index in [-0.39, 0.29) is 5.78 Å². The van der Waals surface area contributed by atoms with Crippen LogP contribution in [-0.4, -0.2) is 35.6 Å². The molecule has 0 atom stereocenters. The van der Waals surface area contributed by atoms with Crippen LogP contribution >= 0.6 is 0 Å². The Bertz CT molecular complexity index is 824. The van der Waals surface area contributed by atoms with Gasteiger partial charge in [-0.1, -0.05) is 42.5 Å². The van der Waals surface area contributed by atoms with Gasteiger partial charge >= 0.3 is 11.8 Å². The minimum atomic E-state index is -0.655. The number of rotatable bonds is 4. The van der Waals surface area contributed by atoms with Crippen LogP contribution in [0.25, 0.3) is 0 Å². The lowest BCUT2D eigenvalue weighted by Gasteiger charge is -2.31. The normalized spacial score (nSPS) is 14.6. The van der Waals surface area contributed by atoms with Crippen molar-refractivity contribution < 1.29 is 14.4 Å². The Morgan fingerprint density at radius 3 is 2.37 bits per heavy atom. The molecule has 5 nitrogen and oxygen atoms in total. The van der Waals surface area contributed by atoms with Gasteiger partial charge in [0.1, 0.15) is 0 Å². The Kier molecular flexibility index (Phi) is 6.01. The number of carbonyl (C=O) groups excluding carboxylic acids is 3. The zero-order valence-electron chi connectivity index (χ0n) is 15.5. The van der Waals surface area contributed by atoms with Crippen molar-refractivity contribution >= 4 is 23.3 Å². The van der Waals surface area contributed by atoms with E-state index in [2.05, 4.69) is 17.4 Å². The summed E-state index contributed by atoms with van der Waals surface area (Å²) >= 11 is 0. The summed E-state index contributed by atoms with van der Waals surface area (Å²) in [7, 11) is 0. The van der Waals surface area contributed by atoms with Crippen LogP contribution in [0, 0.1) is 5.92 Å². The number of carbonyl (C=O) groups is 3. The van der Waals surface area contributed by atoms with Crippen LogP contribution in [0.3, 0.4) is 0 Å². The minimum absolute atomic E-state index is 0.0853. The molecule has 27 heavy (non-hydrogen) atoms. The molecule has 2 amide bonds. The highest BCUT2D eigenvalue weighted by Gasteiger charge is 2.27. The number of piperidine rings is 1. The van der Waals surface area contributed by atoms with Crippen molar-refractivity contribution in [3.8, 4) is 0 Å². The zero-order valence-corrected chi connectivity index (χ0v) is 15.5. The highest BCUT2D eigenvalue weighted by Crippen LogP contribution is 2.22. The van der Waals surface area contributed by atoms with E-state index in [1.807, 2.05) is 18.2 Å². The summed E-state index contributed by atoms with van der Waals surface area (Å²) in [5.74, 6) is -0.719. The van der Waals surface area contributed by atoms with Crippen LogP contribution in [0.15, 0.2) is 54.6 Å². The van der Waals surface area contributed by atoms with Crippen molar-refractivity contribution in [3.63, 3.8) is 0 Å². The van der Waals surface area contributed by atoms with E-state index in [4.69, 9.17) is 0 Å². The van der Waals surface area contributed by atoms with Crippen LogP contribution in [-0.2, 0) is 16.0 Å². The van der Waals surface area contributed by atoms with Crippen LogP contribution in [0.5, 0.6) is 0 Å². The lowest BCUT2D eigenvalue weighted by molar-refractivity contribution is -0.144. The van der Waals surface area contributed by atoms with Gasteiger partial charge in [0.25, 0.3) is 0 Å². The number of anilines is 1. The van der Waals surface area contributed by atoms with Crippen molar-refractivity contribution in [2.45, 2.75) is 26.2 Å². The van der Waals surface area contributed by atoms with Gasteiger partial charge in [0.05, 0.1) is 0 Å². The van der Waals surface area contributed by atoms with E-state index < -0.39 is 11.8 Å². The second kappa shape index (κ2) is 8.62. The van der Waals surface area contributed by atoms with E-state index in [9.17, 15) is 14.4 Å². The molecule has 0 unspecified atom stereocenters. The number of ketones is 1. The summed E-state index contributed by atoms with van der Waals surface area (Å²) in [6.45, 7) is 2.65. The second-order valence-electron chi connectivity index (χ2n) is 7.02. The number of nitrogens with zero attached hydrogens (tertiary/aromatic N) is 1. The molecule has 1 aliphatic heterocycles. The van der Waals surface area contributed by atoms with E-state index >= 15 is 0 Å². The molecule has 140 valence electrons. The number of hydrogen-bond acceptors (Lipinski definition) is 3. The summed E-state index contributed by atoms with van der Waals surface area (Å²) < 4.78 is 0. The highest BCUT2D eigenvalue weighted by molar-refractivity contribution is 6.39. The van der Waals surface area contributed by atoms with Gasteiger partial charge in [-0.15, -0.1) is 0 Å². The predicted molar refractivity (Wildman–Crippen MR) is 105 cm³/mol. The summed E-state index contributed by atoms with van der Waals surface area (Å²) in [5.41, 5.74) is 2.27. The zero-order chi connectivity index (χ0) is 19.2. The van der Waals surface area contributed by atoms with Gasteiger partial charge < -0.3 is 10.2 Å². The van der Waals surface area contributed by atoms with Crippen molar-refractivity contribution in [1.29, 1.82) is 0 Å². The maximum absolute atomic E-state index is 12.4. The molecule has 1 heterocycles. The molecule has 3 rings (SSSR count). The monoisotopic (exact) mass is 364 g/mol. The van der Waals surface area contributed by atoms with Gasteiger partial charge in [-0.3, -0.25) is 14.4 Å². The molecule has 1 saturated heterocycles. The third-order valence-corrected chi connectivity index (χ3v) is 4.99. The van der Waals surface area contributed by atoms with Crippen molar-refractivity contribution in [2.75, 3.05) is 18.4 Å². The highest BCUT2D eigenvalue weighted by atomic mass is 16.2. The number of hydrogen-bond donors (Lipinski definition) is 1. The smallest absolute Gasteiger partial charge is 0.313 e. The van der Waals surface area contributed by atoms with Crippen LogP contribution in [0.4, 0.5) is 5.69 Å². The third kappa shape index (κ3) is 5.03. The van der Waals surface area contributed by atoms with Gasteiger partial charge in [0, 0.05) is 24.3 Å². The molecule has 0 spiro atoms. The fourth-order valence-corrected chi connectivity index (χ4v) is 3.43. The maximum Gasteiger partial charge on any atom is 0.313 e. The first-order valence-corrected chi connectivity index (χ1v) is 9.28. The van der Waals surface area contributed by atoms with Crippen molar-refractivity contribution in [1.82, 2.24) is 4.90 Å². The first kappa shape index (κ1) is 18.8. The second-order valence-corrected chi connectivity index (χ2v) is 7.02. The lowest BCUT2D eigenvalue weighted by Crippen LogP contribution is -2.44. The number of likely N-dealkylation sites (tertiary alicyclic amines) is 1.